The number of carbonyl (C=O) groups excluding carboxylic acids is 2. The van der Waals surface area contributed by atoms with Crippen LogP contribution in [0.1, 0.15) is 51.9 Å². The van der Waals surface area contributed by atoms with Crippen LogP contribution in [0.15, 0.2) is 36.1 Å². The molecular formula is C22H25NO6. The third kappa shape index (κ3) is 4.13. The highest BCUT2D eigenvalue weighted by Crippen LogP contribution is 2.30. The van der Waals surface area contributed by atoms with Crippen molar-refractivity contribution in [3.63, 3.8) is 0 Å². The summed E-state index contributed by atoms with van der Waals surface area (Å²) in [5, 5.41) is 9.51. The predicted octanol–water partition coefficient (Wildman–Crippen LogP) is 3.69. The molecule has 0 aliphatic heterocycles. The number of ketones is 1. The van der Waals surface area contributed by atoms with E-state index in [1.807, 2.05) is 12.1 Å². The highest BCUT2D eigenvalue weighted by molar-refractivity contribution is 6.10. The van der Waals surface area contributed by atoms with Crippen LogP contribution in [0.2, 0.25) is 0 Å². The Kier molecular flexibility index (Phi) is 6.26. The molecule has 1 aromatic heterocycles. The van der Waals surface area contributed by atoms with Crippen molar-refractivity contribution in [1.82, 2.24) is 4.57 Å². The first kappa shape index (κ1) is 20.5. The maximum absolute atomic E-state index is 13.1. The summed E-state index contributed by atoms with van der Waals surface area (Å²) in [7, 11) is 3.12. The number of allylic oxidation sites excluding steroid dienone is 1. The van der Waals surface area contributed by atoms with E-state index in [4.69, 9.17) is 14.2 Å². The van der Waals surface area contributed by atoms with E-state index in [0.717, 1.165) is 17.4 Å². The van der Waals surface area contributed by atoms with Gasteiger partial charge in [0, 0.05) is 18.2 Å². The van der Waals surface area contributed by atoms with Gasteiger partial charge >= 0.3 is 5.97 Å². The maximum atomic E-state index is 13.1. The van der Waals surface area contributed by atoms with Crippen LogP contribution in [0, 0.1) is 0 Å². The number of esters is 1. The van der Waals surface area contributed by atoms with Gasteiger partial charge in [0.05, 0.1) is 32.8 Å². The summed E-state index contributed by atoms with van der Waals surface area (Å²) in [5.41, 5.74) is 2.64. The first-order chi connectivity index (χ1) is 14.0. The first-order valence-electron chi connectivity index (χ1n) is 9.51. The molecule has 0 bridgehead atoms. The molecule has 7 heteroatoms. The van der Waals surface area contributed by atoms with Crippen LogP contribution in [0.4, 0.5) is 0 Å². The van der Waals surface area contributed by atoms with Crippen molar-refractivity contribution in [3.8, 4) is 11.5 Å². The number of aryl methyl sites for hydroxylation is 1. The number of fused-ring (bicyclic) bond motifs is 1. The highest BCUT2D eigenvalue weighted by atomic mass is 16.5. The lowest BCUT2D eigenvalue weighted by atomic mass is 10.1. The average molecular weight is 399 g/mol. The number of aliphatic hydroxyl groups is 1. The van der Waals surface area contributed by atoms with E-state index in [1.165, 1.54) is 0 Å². The van der Waals surface area contributed by atoms with Gasteiger partial charge in [0.15, 0.2) is 0 Å². The molecule has 154 valence electrons. The first-order valence-corrected chi connectivity index (χ1v) is 9.51. The summed E-state index contributed by atoms with van der Waals surface area (Å²) in [6.07, 6.45) is 2.71. The average Bonchev–Trinajstić information content (AvgIpc) is 3.00. The van der Waals surface area contributed by atoms with E-state index < -0.39 is 5.97 Å². The third-order valence-electron chi connectivity index (χ3n) is 4.97. The number of carbonyl (C=O) groups is 2. The van der Waals surface area contributed by atoms with Crippen LogP contribution in [-0.2, 0) is 17.7 Å². The van der Waals surface area contributed by atoms with Gasteiger partial charge in [-0.2, -0.15) is 0 Å². The molecule has 0 atom stereocenters. The molecule has 0 saturated heterocycles. The summed E-state index contributed by atoms with van der Waals surface area (Å²) in [6.45, 7) is 2.22. The van der Waals surface area contributed by atoms with Crippen LogP contribution in [0.25, 0.3) is 0 Å². The fraction of sp³-hybridized carbons (Fsp3) is 0.364. The van der Waals surface area contributed by atoms with Crippen LogP contribution < -0.4 is 9.47 Å². The topological polar surface area (TPSA) is 87.0 Å². The summed E-state index contributed by atoms with van der Waals surface area (Å²) >= 11 is 0. The van der Waals surface area contributed by atoms with Gasteiger partial charge < -0.3 is 23.9 Å². The number of Topliss-reactive ketones (excluding diaryl/α,β-unsaturated/α-hetero) is 1. The molecule has 7 nitrogen and oxygen atoms in total. The second-order valence-corrected chi connectivity index (χ2v) is 6.77. The van der Waals surface area contributed by atoms with Crippen LogP contribution in [0.5, 0.6) is 11.5 Å². The molecule has 1 heterocycles. The molecule has 29 heavy (non-hydrogen) atoms. The molecule has 0 radical (unpaired) electrons. The standard InChI is InChI=1S/C22H25NO6/c1-4-29-22(26)19-10-15-6-5-7-16(13-24)21(25)20(15)23(19)12-14-8-17(27-2)11-18(9-14)28-3/h8-11,13,24H,4-7,12H2,1-3H3. The zero-order valence-corrected chi connectivity index (χ0v) is 16.9. The summed E-state index contributed by atoms with van der Waals surface area (Å²) in [6, 6.07) is 7.13. The minimum absolute atomic E-state index is 0.234. The molecule has 1 aliphatic rings. The van der Waals surface area contributed by atoms with E-state index in [0.29, 0.717) is 47.7 Å². The number of hydrogen-bond donors (Lipinski definition) is 1. The smallest absolute Gasteiger partial charge is 0.354 e. The van der Waals surface area contributed by atoms with E-state index in [-0.39, 0.29) is 18.9 Å². The highest BCUT2D eigenvalue weighted by Gasteiger charge is 2.29. The number of nitrogens with zero attached hydrogens (tertiary/aromatic N) is 1. The molecule has 0 amide bonds. The van der Waals surface area contributed by atoms with Gasteiger partial charge in [0.2, 0.25) is 5.78 Å². The summed E-state index contributed by atoms with van der Waals surface area (Å²) in [4.78, 5) is 25.7. The quantitative estimate of drug-likeness (QED) is 0.345. The van der Waals surface area contributed by atoms with E-state index in [2.05, 4.69) is 0 Å². The lowest BCUT2D eigenvalue weighted by Crippen LogP contribution is -2.18. The SMILES string of the molecule is CCOC(=O)c1cc2c(n1Cc1cc(OC)cc(OC)c1)C(=O)C(=CO)CCC2. The van der Waals surface area contributed by atoms with Crippen molar-refractivity contribution in [3.05, 3.63) is 58.6 Å². The van der Waals surface area contributed by atoms with Crippen molar-refractivity contribution in [2.75, 3.05) is 20.8 Å². The summed E-state index contributed by atoms with van der Waals surface area (Å²) < 4.78 is 17.5. The molecule has 0 fully saturated rings. The fourth-order valence-electron chi connectivity index (χ4n) is 3.60. The molecular weight excluding hydrogens is 374 g/mol. The van der Waals surface area contributed by atoms with Gasteiger partial charge in [0.25, 0.3) is 0 Å². The second-order valence-electron chi connectivity index (χ2n) is 6.77. The molecule has 1 aromatic carbocycles. The van der Waals surface area contributed by atoms with E-state index >= 15 is 0 Å². The number of methoxy groups -OCH3 is 2. The van der Waals surface area contributed by atoms with Crippen molar-refractivity contribution in [2.45, 2.75) is 32.7 Å². The number of rotatable bonds is 6. The van der Waals surface area contributed by atoms with Gasteiger partial charge in [-0.05, 0) is 55.5 Å². The third-order valence-corrected chi connectivity index (χ3v) is 4.97. The molecule has 2 aromatic rings. The Hall–Kier alpha value is -3.22. The van der Waals surface area contributed by atoms with Crippen LogP contribution in [-0.4, -0.2) is 42.3 Å². The Morgan fingerprint density at radius 2 is 1.83 bits per heavy atom. The van der Waals surface area contributed by atoms with Gasteiger partial charge in [-0.15, -0.1) is 0 Å². The molecule has 0 saturated carbocycles. The minimum Gasteiger partial charge on any atom is -0.515 e. The molecule has 0 spiro atoms. The van der Waals surface area contributed by atoms with E-state index in [1.54, 1.807) is 37.8 Å². The van der Waals surface area contributed by atoms with Crippen molar-refractivity contribution in [1.29, 1.82) is 0 Å². The van der Waals surface area contributed by atoms with Crippen molar-refractivity contribution >= 4 is 11.8 Å². The zero-order valence-electron chi connectivity index (χ0n) is 16.9. The Balaban J connectivity index is 2.15. The monoisotopic (exact) mass is 399 g/mol. The van der Waals surface area contributed by atoms with Gasteiger partial charge in [0.1, 0.15) is 17.2 Å². The number of benzene rings is 1. The minimum atomic E-state index is -0.488. The normalized spacial score (nSPS) is 15.0. The number of hydrogen-bond acceptors (Lipinski definition) is 6. The fourth-order valence-corrected chi connectivity index (χ4v) is 3.60. The van der Waals surface area contributed by atoms with Crippen LogP contribution in [0.3, 0.4) is 0 Å². The molecule has 3 rings (SSSR count). The number of aliphatic hydroxyl groups excluding tert-OH is 1. The summed E-state index contributed by atoms with van der Waals surface area (Å²) in [5.74, 6) is 0.457. The Morgan fingerprint density at radius 1 is 1.14 bits per heavy atom. The van der Waals surface area contributed by atoms with Crippen LogP contribution >= 0.6 is 0 Å². The largest absolute Gasteiger partial charge is 0.515 e. The maximum Gasteiger partial charge on any atom is 0.354 e. The lowest BCUT2D eigenvalue weighted by molar-refractivity contribution is 0.0514. The zero-order chi connectivity index (χ0) is 21.0. The molecule has 0 unspecified atom stereocenters. The Morgan fingerprint density at radius 3 is 2.41 bits per heavy atom. The van der Waals surface area contributed by atoms with Gasteiger partial charge in [-0.25, -0.2) is 4.79 Å². The van der Waals surface area contributed by atoms with E-state index in [9.17, 15) is 14.7 Å². The lowest BCUT2D eigenvalue weighted by Gasteiger charge is -2.15. The van der Waals surface area contributed by atoms with Gasteiger partial charge in [-0.1, -0.05) is 0 Å². The second kappa shape index (κ2) is 8.86. The Labute approximate surface area is 169 Å². The number of ether oxygens (including phenoxy) is 3. The van der Waals surface area contributed by atoms with Gasteiger partial charge in [-0.3, -0.25) is 4.79 Å². The number of aromatic nitrogens is 1. The molecule has 1 aliphatic carbocycles. The predicted molar refractivity (Wildman–Crippen MR) is 107 cm³/mol. The molecule has 1 N–H and O–H groups in total. The van der Waals surface area contributed by atoms with Crippen molar-refractivity contribution in [2.24, 2.45) is 0 Å². The Bertz CT molecular complexity index is 934. The van der Waals surface area contributed by atoms with Crippen molar-refractivity contribution < 1.29 is 28.9 Å².